The minimum absolute atomic E-state index is 0.379. The first-order valence-corrected chi connectivity index (χ1v) is 7.17. The van der Waals surface area contributed by atoms with Crippen LogP contribution < -0.4 is 4.74 Å². The SMILES string of the molecule is COc1cc(C)c(C(=O)CS(C)(=O)=O)cc1C. The molecule has 0 radical (unpaired) electrons. The molecule has 0 aliphatic rings. The van der Waals surface area contributed by atoms with E-state index >= 15 is 0 Å². The number of carbonyl (C=O) groups is 1. The number of ether oxygens (including phenoxy) is 1. The molecule has 0 unspecified atom stereocenters. The summed E-state index contributed by atoms with van der Waals surface area (Å²) in [6, 6.07) is 3.41. The second-order valence-corrected chi connectivity index (χ2v) is 6.27. The van der Waals surface area contributed by atoms with Crippen LogP contribution in [0.25, 0.3) is 0 Å². The van der Waals surface area contributed by atoms with Crippen molar-refractivity contribution in [2.45, 2.75) is 13.8 Å². The molecule has 5 heteroatoms. The number of hydrogen-bond donors (Lipinski definition) is 0. The molecule has 0 aromatic heterocycles. The Bertz CT molecular complexity index is 544. The fourth-order valence-electron chi connectivity index (χ4n) is 1.63. The number of sulfone groups is 1. The molecular formula is C12H16O4S. The van der Waals surface area contributed by atoms with Gasteiger partial charge in [0.1, 0.15) is 11.5 Å². The van der Waals surface area contributed by atoms with Crippen LogP contribution in [-0.4, -0.2) is 33.3 Å². The Morgan fingerprint density at radius 2 is 1.82 bits per heavy atom. The Labute approximate surface area is 102 Å². The van der Waals surface area contributed by atoms with E-state index in [1.54, 1.807) is 26.2 Å². The number of benzene rings is 1. The third-order valence-electron chi connectivity index (χ3n) is 2.44. The summed E-state index contributed by atoms with van der Waals surface area (Å²) < 4.78 is 27.3. The van der Waals surface area contributed by atoms with Crippen molar-refractivity contribution in [1.29, 1.82) is 0 Å². The van der Waals surface area contributed by atoms with Gasteiger partial charge >= 0.3 is 0 Å². The van der Waals surface area contributed by atoms with Gasteiger partial charge in [0.05, 0.1) is 7.11 Å². The first-order valence-electron chi connectivity index (χ1n) is 5.11. The molecule has 0 saturated carbocycles. The lowest BCUT2D eigenvalue weighted by atomic mass is 10.0. The zero-order valence-corrected chi connectivity index (χ0v) is 11.2. The van der Waals surface area contributed by atoms with Crippen molar-refractivity contribution in [3.05, 3.63) is 28.8 Å². The quantitative estimate of drug-likeness (QED) is 0.767. The van der Waals surface area contributed by atoms with E-state index < -0.39 is 15.6 Å². The Morgan fingerprint density at radius 1 is 1.24 bits per heavy atom. The second-order valence-electron chi connectivity index (χ2n) is 4.13. The topological polar surface area (TPSA) is 60.4 Å². The summed E-state index contributed by atoms with van der Waals surface area (Å²) in [5.74, 6) is -0.145. The van der Waals surface area contributed by atoms with Crippen LogP contribution in [0, 0.1) is 13.8 Å². The van der Waals surface area contributed by atoms with Crippen LogP contribution in [0.1, 0.15) is 21.5 Å². The van der Waals surface area contributed by atoms with Crippen LogP contribution in [0.3, 0.4) is 0 Å². The molecule has 0 aliphatic heterocycles. The minimum atomic E-state index is -3.30. The van der Waals surface area contributed by atoms with Crippen molar-refractivity contribution in [3.8, 4) is 5.75 Å². The average molecular weight is 256 g/mol. The molecule has 0 spiro atoms. The Balaban J connectivity index is 3.16. The Kier molecular flexibility index (Phi) is 3.93. The first kappa shape index (κ1) is 13.7. The van der Waals surface area contributed by atoms with Crippen LogP contribution in [0.2, 0.25) is 0 Å². The highest BCUT2D eigenvalue weighted by atomic mass is 32.2. The molecule has 0 saturated heterocycles. The molecule has 1 rings (SSSR count). The van der Waals surface area contributed by atoms with Gasteiger partial charge in [0.25, 0.3) is 0 Å². The second kappa shape index (κ2) is 4.87. The van der Waals surface area contributed by atoms with Gasteiger partial charge < -0.3 is 4.74 Å². The molecule has 0 atom stereocenters. The molecule has 1 aromatic rings. The van der Waals surface area contributed by atoms with Crippen molar-refractivity contribution in [2.75, 3.05) is 19.1 Å². The summed E-state index contributed by atoms with van der Waals surface area (Å²) in [7, 11) is -1.74. The van der Waals surface area contributed by atoms with E-state index in [-0.39, 0.29) is 5.78 Å². The summed E-state index contributed by atoms with van der Waals surface area (Å²) in [5, 5.41) is 0. The van der Waals surface area contributed by atoms with Crippen LogP contribution in [0.5, 0.6) is 5.75 Å². The summed E-state index contributed by atoms with van der Waals surface area (Å²) >= 11 is 0. The predicted octanol–water partition coefficient (Wildman–Crippen LogP) is 1.54. The first-order chi connectivity index (χ1) is 7.74. The number of hydrogen-bond acceptors (Lipinski definition) is 4. The van der Waals surface area contributed by atoms with Crippen molar-refractivity contribution in [2.24, 2.45) is 0 Å². The lowest BCUT2D eigenvalue weighted by Gasteiger charge is -2.10. The number of methoxy groups -OCH3 is 1. The van der Waals surface area contributed by atoms with Crippen LogP contribution >= 0.6 is 0 Å². The fourth-order valence-corrected chi connectivity index (χ4v) is 2.26. The molecule has 0 amide bonds. The largest absolute Gasteiger partial charge is 0.496 e. The highest BCUT2D eigenvalue weighted by molar-refractivity contribution is 7.91. The van der Waals surface area contributed by atoms with Gasteiger partial charge in [0, 0.05) is 11.8 Å². The van der Waals surface area contributed by atoms with Crippen molar-refractivity contribution < 1.29 is 17.9 Å². The molecule has 17 heavy (non-hydrogen) atoms. The number of ketones is 1. The van der Waals surface area contributed by atoms with E-state index in [4.69, 9.17) is 4.74 Å². The highest BCUT2D eigenvalue weighted by Crippen LogP contribution is 2.23. The summed E-state index contributed by atoms with van der Waals surface area (Å²) in [5.41, 5.74) is 1.98. The molecule has 0 heterocycles. The van der Waals surface area contributed by atoms with E-state index in [1.165, 1.54) is 0 Å². The van der Waals surface area contributed by atoms with Crippen molar-refractivity contribution in [1.82, 2.24) is 0 Å². The monoisotopic (exact) mass is 256 g/mol. The molecule has 0 aliphatic carbocycles. The molecule has 0 fully saturated rings. The smallest absolute Gasteiger partial charge is 0.178 e. The standard InChI is InChI=1S/C12H16O4S/c1-8-6-12(16-3)9(2)5-10(8)11(13)7-17(4,14)15/h5-6H,7H2,1-4H3. The van der Waals surface area contributed by atoms with Gasteiger partial charge in [-0.2, -0.15) is 0 Å². The van der Waals surface area contributed by atoms with Gasteiger partial charge in [-0.3, -0.25) is 4.79 Å². The van der Waals surface area contributed by atoms with E-state index in [9.17, 15) is 13.2 Å². The average Bonchev–Trinajstić information content (AvgIpc) is 2.18. The molecule has 4 nitrogen and oxygen atoms in total. The summed E-state index contributed by atoms with van der Waals surface area (Å²) in [6.45, 7) is 3.58. The predicted molar refractivity (Wildman–Crippen MR) is 66.5 cm³/mol. The maximum atomic E-state index is 11.8. The van der Waals surface area contributed by atoms with Crippen LogP contribution in [-0.2, 0) is 9.84 Å². The Morgan fingerprint density at radius 3 is 2.29 bits per heavy atom. The maximum Gasteiger partial charge on any atom is 0.178 e. The molecule has 0 bridgehead atoms. The van der Waals surface area contributed by atoms with Crippen LogP contribution in [0.4, 0.5) is 0 Å². The van der Waals surface area contributed by atoms with Gasteiger partial charge in [-0.05, 0) is 37.1 Å². The maximum absolute atomic E-state index is 11.8. The van der Waals surface area contributed by atoms with Crippen LogP contribution in [0.15, 0.2) is 12.1 Å². The van der Waals surface area contributed by atoms with Crippen molar-refractivity contribution in [3.63, 3.8) is 0 Å². The third kappa shape index (κ3) is 3.56. The molecular weight excluding hydrogens is 240 g/mol. The summed E-state index contributed by atoms with van der Waals surface area (Å²) in [4.78, 5) is 11.8. The number of Topliss-reactive ketones (excluding diaryl/α,β-unsaturated/α-hetero) is 1. The van der Waals surface area contributed by atoms with E-state index in [2.05, 4.69) is 0 Å². The van der Waals surface area contributed by atoms with Gasteiger partial charge in [-0.1, -0.05) is 0 Å². The molecule has 94 valence electrons. The minimum Gasteiger partial charge on any atom is -0.496 e. The zero-order chi connectivity index (χ0) is 13.2. The number of rotatable bonds is 4. The fraction of sp³-hybridized carbons (Fsp3) is 0.417. The van der Waals surface area contributed by atoms with Gasteiger partial charge in [0.2, 0.25) is 0 Å². The van der Waals surface area contributed by atoms with Crippen molar-refractivity contribution >= 4 is 15.6 Å². The number of aryl methyl sites for hydroxylation is 2. The highest BCUT2D eigenvalue weighted by Gasteiger charge is 2.16. The van der Waals surface area contributed by atoms with Gasteiger partial charge in [-0.15, -0.1) is 0 Å². The lowest BCUT2D eigenvalue weighted by Crippen LogP contribution is -2.15. The number of carbonyl (C=O) groups excluding carboxylic acids is 1. The van der Waals surface area contributed by atoms with E-state index in [0.717, 1.165) is 17.4 Å². The zero-order valence-electron chi connectivity index (χ0n) is 10.4. The third-order valence-corrected chi connectivity index (χ3v) is 3.22. The molecule has 1 aromatic carbocycles. The molecule has 0 N–H and O–H groups in total. The normalized spacial score (nSPS) is 11.3. The van der Waals surface area contributed by atoms with Gasteiger partial charge in [0.15, 0.2) is 15.6 Å². The van der Waals surface area contributed by atoms with E-state index in [0.29, 0.717) is 11.3 Å². The van der Waals surface area contributed by atoms with Gasteiger partial charge in [-0.25, -0.2) is 8.42 Å². The Hall–Kier alpha value is -1.36. The summed E-state index contributed by atoms with van der Waals surface area (Å²) in [6.07, 6.45) is 1.05. The lowest BCUT2D eigenvalue weighted by molar-refractivity contribution is 0.102. The van der Waals surface area contributed by atoms with E-state index in [1.807, 2.05) is 6.92 Å².